The van der Waals surface area contributed by atoms with Crippen LogP contribution in [0.3, 0.4) is 0 Å². The van der Waals surface area contributed by atoms with Gasteiger partial charge in [0.1, 0.15) is 0 Å². The molecule has 0 radical (unpaired) electrons. The first kappa shape index (κ1) is 10.2. The fraction of sp³-hybridized carbons (Fsp3) is 0.100. The molecule has 0 saturated heterocycles. The van der Waals surface area contributed by atoms with Crippen LogP contribution in [0, 0.1) is 0 Å². The Morgan fingerprint density at radius 2 is 2.12 bits per heavy atom. The van der Waals surface area contributed by atoms with Crippen molar-refractivity contribution >= 4 is 28.5 Å². The number of imidazole rings is 1. The van der Waals surface area contributed by atoms with E-state index in [1.807, 2.05) is 23.9 Å². The Morgan fingerprint density at radius 3 is 2.88 bits per heavy atom. The molecule has 3 aromatic rings. The number of rotatable bonds is 2. The van der Waals surface area contributed by atoms with E-state index in [0.29, 0.717) is 16.7 Å². The zero-order valence-corrected chi connectivity index (χ0v) is 9.81. The van der Waals surface area contributed by atoms with E-state index in [1.54, 1.807) is 12.3 Å². The van der Waals surface area contributed by atoms with Crippen LogP contribution in [0.25, 0.3) is 11.0 Å². The summed E-state index contributed by atoms with van der Waals surface area (Å²) in [4.78, 5) is 5.16. The molecule has 0 saturated carbocycles. The van der Waals surface area contributed by atoms with E-state index in [0.717, 1.165) is 10.1 Å². The Labute approximate surface area is 101 Å². The second-order valence-corrected chi connectivity index (χ2v) is 4.55. The van der Waals surface area contributed by atoms with Gasteiger partial charge in [-0.2, -0.15) is 0 Å². The Hall–Kier alpha value is -2.02. The summed E-state index contributed by atoms with van der Waals surface area (Å²) in [5.41, 5.74) is 7.59. The number of hydrogen-bond donors (Lipinski definition) is 1. The van der Waals surface area contributed by atoms with Gasteiger partial charge in [0.15, 0.2) is 16.2 Å². The van der Waals surface area contributed by atoms with Crippen molar-refractivity contribution in [2.75, 3.05) is 5.73 Å². The van der Waals surface area contributed by atoms with E-state index in [4.69, 9.17) is 10.4 Å². The van der Waals surface area contributed by atoms with E-state index in [1.165, 1.54) is 11.8 Å². The number of benzene rings is 1. The summed E-state index contributed by atoms with van der Waals surface area (Å²) in [5.74, 6) is 0. The Balaban J connectivity index is 2.09. The number of aryl methyl sites for hydroxylation is 1. The van der Waals surface area contributed by atoms with Gasteiger partial charge in [0.25, 0.3) is 0 Å². The van der Waals surface area contributed by atoms with Gasteiger partial charge >= 0.3 is 0 Å². The minimum atomic E-state index is 0.561. The molecule has 0 aliphatic carbocycles. The molecular formula is C10H9N5OS. The molecule has 0 bridgehead atoms. The van der Waals surface area contributed by atoms with Crippen LogP contribution in [0.4, 0.5) is 5.69 Å². The van der Waals surface area contributed by atoms with Gasteiger partial charge in [-0.15, -0.1) is 0 Å². The molecule has 17 heavy (non-hydrogen) atoms. The molecule has 0 spiro atoms. The molecule has 0 aliphatic rings. The number of nitrogen functional groups attached to an aromatic ring is 1. The molecule has 6 nitrogen and oxygen atoms in total. The SMILES string of the molecule is Cn1ccnc1Sc1ccc(N)c2nonc12. The first-order chi connectivity index (χ1) is 8.25. The highest BCUT2D eigenvalue weighted by Crippen LogP contribution is 2.32. The van der Waals surface area contributed by atoms with Crippen LogP contribution < -0.4 is 5.73 Å². The Kier molecular flexibility index (Phi) is 2.25. The summed E-state index contributed by atoms with van der Waals surface area (Å²) in [5, 5.41) is 8.52. The van der Waals surface area contributed by atoms with E-state index >= 15 is 0 Å². The maximum absolute atomic E-state index is 5.78. The van der Waals surface area contributed by atoms with Crippen molar-refractivity contribution in [3.8, 4) is 0 Å². The molecule has 0 atom stereocenters. The van der Waals surface area contributed by atoms with E-state index < -0.39 is 0 Å². The zero-order chi connectivity index (χ0) is 11.8. The number of nitrogens with two attached hydrogens (primary N) is 1. The molecule has 3 rings (SSSR count). The fourth-order valence-electron chi connectivity index (χ4n) is 1.49. The quantitative estimate of drug-likeness (QED) is 0.694. The summed E-state index contributed by atoms with van der Waals surface area (Å²) in [6.45, 7) is 0. The molecule has 1 aromatic carbocycles. The maximum atomic E-state index is 5.78. The highest BCUT2D eigenvalue weighted by Gasteiger charge is 2.12. The Morgan fingerprint density at radius 1 is 1.29 bits per heavy atom. The fourth-order valence-corrected chi connectivity index (χ4v) is 2.38. The second-order valence-electron chi connectivity index (χ2n) is 3.54. The summed E-state index contributed by atoms with van der Waals surface area (Å²) < 4.78 is 6.65. The van der Waals surface area contributed by atoms with Crippen molar-refractivity contribution in [3.05, 3.63) is 24.5 Å². The largest absolute Gasteiger partial charge is 0.397 e. The lowest BCUT2D eigenvalue weighted by molar-refractivity contribution is 0.315. The van der Waals surface area contributed by atoms with Crippen molar-refractivity contribution in [1.29, 1.82) is 0 Å². The van der Waals surface area contributed by atoms with Crippen molar-refractivity contribution in [2.24, 2.45) is 7.05 Å². The van der Waals surface area contributed by atoms with Crippen molar-refractivity contribution in [2.45, 2.75) is 10.1 Å². The van der Waals surface area contributed by atoms with Gasteiger partial charge in [-0.25, -0.2) is 9.61 Å². The van der Waals surface area contributed by atoms with Gasteiger partial charge in [-0.1, -0.05) is 0 Å². The first-order valence-electron chi connectivity index (χ1n) is 4.91. The second kappa shape index (κ2) is 3.77. The molecule has 0 fully saturated rings. The smallest absolute Gasteiger partial charge is 0.172 e. The average molecular weight is 247 g/mol. The lowest BCUT2D eigenvalue weighted by Crippen LogP contribution is -1.90. The molecule has 2 aromatic heterocycles. The number of hydrogen-bond acceptors (Lipinski definition) is 6. The highest BCUT2D eigenvalue weighted by molar-refractivity contribution is 7.99. The molecule has 0 amide bonds. The Bertz CT molecular complexity index is 674. The maximum Gasteiger partial charge on any atom is 0.172 e. The van der Waals surface area contributed by atoms with Crippen molar-refractivity contribution < 1.29 is 4.63 Å². The third-order valence-corrected chi connectivity index (χ3v) is 3.51. The van der Waals surface area contributed by atoms with E-state index in [9.17, 15) is 0 Å². The summed E-state index contributed by atoms with van der Waals surface area (Å²) in [6, 6.07) is 3.68. The number of aromatic nitrogens is 4. The van der Waals surface area contributed by atoms with E-state index in [-0.39, 0.29) is 0 Å². The number of fused-ring (bicyclic) bond motifs is 1. The van der Waals surface area contributed by atoms with Crippen LogP contribution >= 0.6 is 11.8 Å². The van der Waals surface area contributed by atoms with Crippen LogP contribution in [-0.4, -0.2) is 19.9 Å². The van der Waals surface area contributed by atoms with Crippen LogP contribution in [0.5, 0.6) is 0 Å². The van der Waals surface area contributed by atoms with Crippen molar-refractivity contribution in [3.63, 3.8) is 0 Å². The molecular weight excluding hydrogens is 238 g/mol. The predicted octanol–water partition coefficient (Wildman–Crippen LogP) is 1.69. The minimum Gasteiger partial charge on any atom is -0.397 e. The molecule has 0 unspecified atom stereocenters. The van der Waals surface area contributed by atoms with Crippen LogP contribution in [-0.2, 0) is 7.05 Å². The first-order valence-corrected chi connectivity index (χ1v) is 5.73. The molecule has 2 heterocycles. The monoisotopic (exact) mass is 247 g/mol. The van der Waals surface area contributed by atoms with Crippen LogP contribution in [0.2, 0.25) is 0 Å². The zero-order valence-electron chi connectivity index (χ0n) is 8.99. The highest BCUT2D eigenvalue weighted by atomic mass is 32.2. The average Bonchev–Trinajstić information content (AvgIpc) is 2.93. The topological polar surface area (TPSA) is 82.8 Å². The summed E-state index contributed by atoms with van der Waals surface area (Å²) >= 11 is 1.50. The van der Waals surface area contributed by atoms with Gasteiger partial charge in [0.2, 0.25) is 0 Å². The van der Waals surface area contributed by atoms with Gasteiger partial charge in [0, 0.05) is 24.3 Å². The van der Waals surface area contributed by atoms with Crippen molar-refractivity contribution in [1.82, 2.24) is 19.9 Å². The van der Waals surface area contributed by atoms with Gasteiger partial charge in [-0.3, -0.25) is 0 Å². The normalized spacial score (nSPS) is 11.1. The predicted molar refractivity (Wildman–Crippen MR) is 63.5 cm³/mol. The summed E-state index contributed by atoms with van der Waals surface area (Å²) in [6.07, 6.45) is 3.63. The van der Waals surface area contributed by atoms with Gasteiger partial charge in [-0.05, 0) is 34.2 Å². The molecule has 86 valence electrons. The summed E-state index contributed by atoms with van der Waals surface area (Å²) in [7, 11) is 1.94. The number of anilines is 1. The molecule has 0 aliphatic heterocycles. The lowest BCUT2D eigenvalue weighted by atomic mass is 10.3. The van der Waals surface area contributed by atoms with E-state index in [2.05, 4.69) is 15.3 Å². The van der Waals surface area contributed by atoms with Crippen LogP contribution in [0.1, 0.15) is 0 Å². The van der Waals surface area contributed by atoms with Gasteiger partial charge in [0.05, 0.1) is 5.69 Å². The minimum absolute atomic E-state index is 0.561. The standard InChI is InChI=1S/C10H9N5OS/c1-15-5-4-12-10(15)17-7-3-2-6(11)8-9(7)14-16-13-8/h2-5H,11H2,1H3. The number of nitrogens with zero attached hydrogens (tertiary/aromatic N) is 4. The molecule has 7 heteroatoms. The van der Waals surface area contributed by atoms with Gasteiger partial charge < -0.3 is 10.3 Å². The molecule has 2 N–H and O–H groups in total. The van der Waals surface area contributed by atoms with Crippen LogP contribution in [0.15, 0.2) is 39.2 Å². The third-order valence-electron chi connectivity index (χ3n) is 2.39. The third kappa shape index (κ3) is 1.64. The lowest BCUT2D eigenvalue weighted by Gasteiger charge is -2.02.